The van der Waals surface area contributed by atoms with E-state index in [1.807, 2.05) is 6.92 Å². The van der Waals surface area contributed by atoms with E-state index in [4.69, 9.17) is 0 Å². The standard InChI is InChI=1S/C17H36N4/c1-7-12-19-17(4,15-18)11-9-10-13-21(8-2)16(3)14-20(5)6/h16,19H,7-14H2,1-6H3. The van der Waals surface area contributed by atoms with Crippen LogP contribution in [0.15, 0.2) is 0 Å². The van der Waals surface area contributed by atoms with Gasteiger partial charge in [0.15, 0.2) is 0 Å². The Morgan fingerprint density at radius 2 is 1.90 bits per heavy atom. The molecule has 0 saturated carbocycles. The second-order valence-corrected chi connectivity index (χ2v) is 6.57. The first-order chi connectivity index (χ1) is 9.88. The molecule has 0 aromatic heterocycles. The van der Waals surface area contributed by atoms with Crippen LogP contribution < -0.4 is 5.32 Å². The van der Waals surface area contributed by atoms with Crippen molar-refractivity contribution in [3.63, 3.8) is 0 Å². The molecule has 0 bridgehead atoms. The van der Waals surface area contributed by atoms with Crippen LogP contribution in [0.1, 0.15) is 53.4 Å². The quantitative estimate of drug-likeness (QED) is 0.562. The van der Waals surface area contributed by atoms with Gasteiger partial charge in [-0.1, -0.05) is 13.8 Å². The minimum Gasteiger partial charge on any atom is -0.308 e. The molecule has 2 atom stereocenters. The van der Waals surface area contributed by atoms with Crippen LogP contribution in [0.25, 0.3) is 0 Å². The summed E-state index contributed by atoms with van der Waals surface area (Å²) < 4.78 is 0. The van der Waals surface area contributed by atoms with Crippen molar-refractivity contribution in [2.45, 2.75) is 65.0 Å². The number of rotatable bonds is 12. The molecule has 0 heterocycles. The zero-order chi connectivity index (χ0) is 16.3. The molecule has 0 aliphatic carbocycles. The van der Waals surface area contributed by atoms with Crippen molar-refractivity contribution in [3.05, 3.63) is 0 Å². The minimum atomic E-state index is -0.359. The Kier molecular flexibility index (Phi) is 10.7. The lowest BCUT2D eigenvalue weighted by molar-refractivity contribution is 0.177. The summed E-state index contributed by atoms with van der Waals surface area (Å²) in [4.78, 5) is 4.78. The van der Waals surface area contributed by atoms with Crippen molar-refractivity contribution in [2.75, 3.05) is 40.3 Å². The number of nitrogens with zero attached hydrogens (tertiary/aromatic N) is 3. The summed E-state index contributed by atoms with van der Waals surface area (Å²) in [5, 5.41) is 12.7. The van der Waals surface area contributed by atoms with E-state index in [1.165, 1.54) is 0 Å². The second-order valence-electron chi connectivity index (χ2n) is 6.57. The lowest BCUT2D eigenvalue weighted by atomic mass is 9.96. The maximum atomic E-state index is 9.33. The summed E-state index contributed by atoms with van der Waals surface area (Å²) in [6.07, 6.45) is 4.27. The maximum Gasteiger partial charge on any atom is 0.103 e. The summed E-state index contributed by atoms with van der Waals surface area (Å²) in [5.74, 6) is 0. The normalized spacial score (nSPS) is 16.0. The first kappa shape index (κ1) is 20.4. The summed E-state index contributed by atoms with van der Waals surface area (Å²) in [7, 11) is 4.25. The fourth-order valence-corrected chi connectivity index (χ4v) is 2.71. The highest BCUT2D eigenvalue weighted by molar-refractivity contribution is 5.03. The van der Waals surface area contributed by atoms with E-state index in [1.54, 1.807) is 0 Å². The van der Waals surface area contributed by atoms with Crippen LogP contribution in [0, 0.1) is 11.3 Å². The predicted octanol–water partition coefficient (Wildman–Crippen LogP) is 2.71. The summed E-state index contributed by atoms with van der Waals surface area (Å²) in [6.45, 7) is 12.9. The van der Waals surface area contributed by atoms with Crippen molar-refractivity contribution in [1.29, 1.82) is 5.26 Å². The molecule has 4 heteroatoms. The Morgan fingerprint density at radius 3 is 2.38 bits per heavy atom. The molecule has 4 nitrogen and oxygen atoms in total. The lowest BCUT2D eigenvalue weighted by Gasteiger charge is -2.30. The van der Waals surface area contributed by atoms with Gasteiger partial charge < -0.3 is 4.90 Å². The summed E-state index contributed by atoms with van der Waals surface area (Å²) in [6, 6.07) is 3.02. The number of unbranched alkanes of at least 4 members (excludes halogenated alkanes) is 1. The molecule has 124 valence electrons. The molecular weight excluding hydrogens is 260 g/mol. The molecular formula is C17H36N4. The van der Waals surface area contributed by atoms with Crippen LogP contribution in [-0.4, -0.2) is 61.7 Å². The Labute approximate surface area is 132 Å². The van der Waals surface area contributed by atoms with Crippen molar-refractivity contribution in [1.82, 2.24) is 15.1 Å². The maximum absolute atomic E-state index is 9.33. The van der Waals surface area contributed by atoms with Gasteiger partial charge in [0.25, 0.3) is 0 Å². The van der Waals surface area contributed by atoms with Crippen LogP contribution >= 0.6 is 0 Å². The van der Waals surface area contributed by atoms with Crippen LogP contribution in [0.5, 0.6) is 0 Å². The van der Waals surface area contributed by atoms with Gasteiger partial charge in [-0.25, -0.2) is 0 Å². The van der Waals surface area contributed by atoms with Crippen molar-refractivity contribution < 1.29 is 0 Å². The van der Waals surface area contributed by atoms with Gasteiger partial charge in [-0.2, -0.15) is 5.26 Å². The predicted molar refractivity (Wildman–Crippen MR) is 91.4 cm³/mol. The Morgan fingerprint density at radius 1 is 1.24 bits per heavy atom. The smallest absolute Gasteiger partial charge is 0.103 e. The van der Waals surface area contributed by atoms with Gasteiger partial charge in [0.2, 0.25) is 0 Å². The molecule has 0 amide bonds. The Balaban J connectivity index is 4.08. The fourth-order valence-electron chi connectivity index (χ4n) is 2.71. The highest BCUT2D eigenvalue weighted by Gasteiger charge is 2.22. The number of likely N-dealkylation sites (N-methyl/N-ethyl adjacent to an activating group) is 2. The third-order valence-electron chi connectivity index (χ3n) is 4.04. The molecule has 21 heavy (non-hydrogen) atoms. The van der Waals surface area contributed by atoms with E-state index in [2.05, 4.69) is 56.1 Å². The topological polar surface area (TPSA) is 42.3 Å². The van der Waals surface area contributed by atoms with Gasteiger partial charge >= 0.3 is 0 Å². The monoisotopic (exact) mass is 296 g/mol. The van der Waals surface area contributed by atoms with E-state index in [0.29, 0.717) is 6.04 Å². The molecule has 0 radical (unpaired) electrons. The number of hydrogen-bond donors (Lipinski definition) is 1. The first-order valence-electron chi connectivity index (χ1n) is 8.43. The van der Waals surface area contributed by atoms with E-state index >= 15 is 0 Å². The van der Waals surface area contributed by atoms with Gasteiger partial charge in [-0.05, 0) is 73.3 Å². The summed E-state index contributed by atoms with van der Waals surface area (Å²) >= 11 is 0. The first-order valence-corrected chi connectivity index (χ1v) is 8.43. The van der Waals surface area contributed by atoms with E-state index in [9.17, 15) is 5.26 Å². The second kappa shape index (κ2) is 11.0. The third kappa shape index (κ3) is 9.08. The average molecular weight is 297 g/mol. The SMILES string of the molecule is CCCNC(C)(C#N)CCCCN(CC)C(C)CN(C)C. The number of nitrogens with one attached hydrogen (secondary N) is 1. The molecule has 2 unspecified atom stereocenters. The van der Waals surface area contributed by atoms with E-state index < -0.39 is 0 Å². The van der Waals surface area contributed by atoms with Crippen molar-refractivity contribution in [2.24, 2.45) is 0 Å². The average Bonchev–Trinajstić information content (AvgIpc) is 2.44. The van der Waals surface area contributed by atoms with Crippen LogP contribution in [-0.2, 0) is 0 Å². The third-order valence-corrected chi connectivity index (χ3v) is 4.04. The van der Waals surface area contributed by atoms with Crippen LogP contribution in [0.3, 0.4) is 0 Å². The van der Waals surface area contributed by atoms with E-state index in [-0.39, 0.29) is 5.54 Å². The van der Waals surface area contributed by atoms with Gasteiger partial charge in [-0.15, -0.1) is 0 Å². The Hall–Kier alpha value is -0.630. The van der Waals surface area contributed by atoms with Crippen molar-refractivity contribution >= 4 is 0 Å². The largest absolute Gasteiger partial charge is 0.308 e. The van der Waals surface area contributed by atoms with Gasteiger partial charge in [0, 0.05) is 12.6 Å². The molecule has 0 aliphatic rings. The molecule has 1 N–H and O–H groups in total. The molecule has 0 rings (SSSR count). The zero-order valence-electron chi connectivity index (χ0n) is 15.1. The number of nitriles is 1. The molecule has 0 aromatic rings. The minimum absolute atomic E-state index is 0.359. The molecule has 0 saturated heterocycles. The summed E-state index contributed by atoms with van der Waals surface area (Å²) in [5.41, 5.74) is -0.359. The fraction of sp³-hybridized carbons (Fsp3) is 0.941. The van der Waals surface area contributed by atoms with Crippen LogP contribution in [0.2, 0.25) is 0 Å². The van der Waals surface area contributed by atoms with Gasteiger partial charge in [0.1, 0.15) is 5.54 Å². The highest BCUT2D eigenvalue weighted by Crippen LogP contribution is 2.14. The van der Waals surface area contributed by atoms with E-state index in [0.717, 1.165) is 51.9 Å². The molecule has 0 spiro atoms. The van der Waals surface area contributed by atoms with Crippen molar-refractivity contribution in [3.8, 4) is 6.07 Å². The molecule has 0 fully saturated rings. The van der Waals surface area contributed by atoms with Gasteiger partial charge in [0.05, 0.1) is 6.07 Å². The number of hydrogen-bond acceptors (Lipinski definition) is 4. The highest BCUT2D eigenvalue weighted by atomic mass is 15.2. The van der Waals surface area contributed by atoms with Crippen LogP contribution in [0.4, 0.5) is 0 Å². The molecule has 0 aromatic carbocycles. The zero-order valence-corrected chi connectivity index (χ0v) is 15.1. The molecule has 0 aliphatic heterocycles. The Bertz CT molecular complexity index is 298. The lowest BCUT2D eigenvalue weighted by Crippen LogP contribution is -2.42. The van der Waals surface area contributed by atoms with Gasteiger partial charge in [-0.3, -0.25) is 10.2 Å².